The normalized spacial score (nSPS) is 12.4. The van der Waals surface area contributed by atoms with E-state index in [2.05, 4.69) is 0 Å². The fourth-order valence-corrected chi connectivity index (χ4v) is 2.60. The van der Waals surface area contributed by atoms with E-state index in [0.29, 0.717) is 5.56 Å². The molecule has 0 aromatic heterocycles. The first kappa shape index (κ1) is 18.2. The average Bonchev–Trinajstić information content (AvgIpc) is 2.61. The van der Waals surface area contributed by atoms with E-state index in [1.54, 1.807) is 31.8 Å². The zero-order valence-corrected chi connectivity index (χ0v) is 14.6. The fourth-order valence-electron chi connectivity index (χ4n) is 2.19. The highest BCUT2D eigenvalue weighted by molar-refractivity contribution is 7.98. The predicted molar refractivity (Wildman–Crippen MR) is 94.8 cm³/mol. The first-order valence-corrected chi connectivity index (χ1v) is 8.68. The van der Waals surface area contributed by atoms with Crippen molar-refractivity contribution in [1.82, 2.24) is 4.90 Å². The lowest BCUT2D eigenvalue weighted by molar-refractivity contribution is -0.126. The van der Waals surface area contributed by atoms with Crippen molar-refractivity contribution in [2.45, 2.75) is 17.9 Å². The van der Waals surface area contributed by atoms with Gasteiger partial charge in [0.1, 0.15) is 0 Å². The molecule has 0 aliphatic rings. The van der Waals surface area contributed by atoms with Gasteiger partial charge in [0.25, 0.3) is 0 Å². The standard InChI is InChI=1S/C19H19F2NOS/c1-13(15-7-10-17(20)18(21)12-15)22(2)19(23)11-6-14-4-8-16(24-3)9-5-14/h4-13H,1-3H3/b11-6+. The van der Waals surface area contributed by atoms with Crippen LogP contribution in [-0.4, -0.2) is 24.1 Å². The van der Waals surface area contributed by atoms with Gasteiger partial charge in [-0.25, -0.2) is 8.78 Å². The number of rotatable bonds is 5. The summed E-state index contributed by atoms with van der Waals surface area (Å²) in [5.74, 6) is -2.01. The van der Waals surface area contributed by atoms with Crippen LogP contribution in [0, 0.1) is 11.6 Å². The zero-order chi connectivity index (χ0) is 17.7. The molecule has 2 aromatic rings. The molecular formula is C19H19F2NOS. The Labute approximate surface area is 145 Å². The van der Waals surface area contributed by atoms with Crippen molar-refractivity contribution in [2.24, 2.45) is 0 Å². The molecule has 2 rings (SSSR count). The Kier molecular flexibility index (Phi) is 6.15. The Balaban J connectivity index is 2.07. The van der Waals surface area contributed by atoms with E-state index in [0.717, 1.165) is 22.6 Å². The highest BCUT2D eigenvalue weighted by Gasteiger charge is 2.16. The minimum atomic E-state index is -0.912. The lowest BCUT2D eigenvalue weighted by Crippen LogP contribution is -2.28. The van der Waals surface area contributed by atoms with Gasteiger partial charge >= 0.3 is 0 Å². The van der Waals surface area contributed by atoms with Gasteiger partial charge in [-0.3, -0.25) is 4.79 Å². The maximum Gasteiger partial charge on any atom is 0.246 e. The van der Waals surface area contributed by atoms with Gasteiger partial charge in [0, 0.05) is 18.0 Å². The number of hydrogen-bond acceptors (Lipinski definition) is 2. The number of thioether (sulfide) groups is 1. The number of likely N-dealkylation sites (N-methyl/N-ethyl adjacent to an activating group) is 1. The maximum absolute atomic E-state index is 13.3. The van der Waals surface area contributed by atoms with Crippen LogP contribution >= 0.6 is 11.8 Å². The van der Waals surface area contributed by atoms with Crippen LogP contribution in [0.15, 0.2) is 53.4 Å². The number of amides is 1. The first-order chi connectivity index (χ1) is 11.4. The van der Waals surface area contributed by atoms with Crippen LogP contribution in [0.5, 0.6) is 0 Å². The molecule has 5 heteroatoms. The molecule has 0 saturated heterocycles. The Bertz CT molecular complexity index is 744. The summed E-state index contributed by atoms with van der Waals surface area (Å²) in [6.45, 7) is 1.77. The van der Waals surface area contributed by atoms with Gasteiger partial charge in [0.2, 0.25) is 5.91 Å². The van der Waals surface area contributed by atoms with E-state index in [9.17, 15) is 13.6 Å². The molecular weight excluding hydrogens is 328 g/mol. The third-order valence-electron chi connectivity index (χ3n) is 3.89. The predicted octanol–water partition coefficient (Wildman–Crippen LogP) is 4.92. The van der Waals surface area contributed by atoms with Gasteiger partial charge < -0.3 is 4.90 Å². The second-order valence-electron chi connectivity index (χ2n) is 5.41. The van der Waals surface area contributed by atoms with Crippen LogP contribution in [0.25, 0.3) is 6.08 Å². The van der Waals surface area contributed by atoms with Crippen LogP contribution in [0.3, 0.4) is 0 Å². The average molecular weight is 347 g/mol. The van der Waals surface area contributed by atoms with Gasteiger partial charge in [-0.2, -0.15) is 0 Å². The molecule has 0 aliphatic heterocycles. The molecule has 24 heavy (non-hydrogen) atoms. The van der Waals surface area contributed by atoms with E-state index in [4.69, 9.17) is 0 Å². The molecule has 0 saturated carbocycles. The van der Waals surface area contributed by atoms with E-state index < -0.39 is 11.6 Å². The van der Waals surface area contributed by atoms with Crippen LogP contribution in [0.4, 0.5) is 8.78 Å². The molecule has 0 heterocycles. The smallest absolute Gasteiger partial charge is 0.246 e. The summed E-state index contributed by atoms with van der Waals surface area (Å²) < 4.78 is 26.4. The van der Waals surface area contributed by atoms with Crippen molar-refractivity contribution < 1.29 is 13.6 Å². The summed E-state index contributed by atoms with van der Waals surface area (Å²) in [6.07, 6.45) is 5.22. The topological polar surface area (TPSA) is 20.3 Å². The zero-order valence-electron chi connectivity index (χ0n) is 13.8. The molecule has 0 spiro atoms. The fraction of sp³-hybridized carbons (Fsp3) is 0.211. The van der Waals surface area contributed by atoms with Crippen LogP contribution < -0.4 is 0 Å². The van der Waals surface area contributed by atoms with Crippen molar-refractivity contribution in [2.75, 3.05) is 13.3 Å². The number of halogens is 2. The number of carbonyl (C=O) groups excluding carboxylic acids is 1. The van der Waals surface area contributed by atoms with Crippen molar-refractivity contribution in [1.29, 1.82) is 0 Å². The number of nitrogens with zero attached hydrogens (tertiary/aromatic N) is 1. The van der Waals surface area contributed by atoms with Gasteiger partial charge in [-0.05, 0) is 54.6 Å². The molecule has 2 nitrogen and oxygen atoms in total. The third kappa shape index (κ3) is 4.45. The second kappa shape index (κ2) is 8.11. The van der Waals surface area contributed by atoms with Gasteiger partial charge in [-0.15, -0.1) is 11.8 Å². The monoisotopic (exact) mass is 347 g/mol. The summed E-state index contributed by atoms with van der Waals surface area (Å²) in [5, 5.41) is 0. The van der Waals surface area contributed by atoms with Crippen LogP contribution in [-0.2, 0) is 4.79 Å². The number of hydrogen-bond donors (Lipinski definition) is 0. The molecule has 0 radical (unpaired) electrons. The second-order valence-corrected chi connectivity index (χ2v) is 6.28. The lowest BCUT2D eigenvalue weighted by atomic mass is 10.1. The lowest BCUT2D eigenvalue weighted by Gasteiger charge is -2.24. The molecule has 1 amide bonds. The van der Waals surface area contributed by atoms with E-state index in [1.807, 2.05) is 30.5 Å². The van der Waals surface area contributed by atoms with Gasteiger partial charge in [-0.1, -0.05) is 18.2 Å². The molecule has 2 aromatic carbocycles. The molecule has 0 aliphatic carbocycles. The van der Waals surface area contributed by atoms with Crippen LogP contribution in [0.2, 0.25) is 0 Å². The minimum absolute atomic E-state index is 0.207. The van der Waals surface area contributed by atoms with Crippen molar-refractivity contribution in [3.05, 3.63) is 71.3 Å². The highest BCUT2D eigenvalue weighted by atomic mass is 32.2. The highest BCUT2D eigenvalue weighted by Crippen LogP contribution is 2.21. The molecule has 1 atom stereocenters. The molecule has 0 N–H and O–H groups in total. The Hall–Kier alpha value is -2.14. The summed E-state index contributed by atoms with van der Waals surface area (Å²) in [4.78, 5) is 14.9. The van der Waals surface area contributed by atoms with E-state index >= 15 is 0 Å². The van der Waals surface area contributed by atoms with E-state index in [1.165, 1.54) is 17.0 Å². The summed E-state index contributed by atoms with van der Waals surface area (Å²) in [6, 6.07) is 11.2. The summed E-state index contributed by atoms with van der Waals surface area (Å²) >= 11 is 1.65. The Morgan fingerprint density at radius 3 is 2.38 bits per heavy atom. The minimum Gasteiger partial charge on any atom is -0.335 e. The SMILES string of the molecule is CSc1ccc(/C=C/C(=O)N(C)C(C)c2ccc(F)c(F)c2)cc1. The number of carbonyl (C=O) groups is 1. The van der Waals surface area contributed by atoms with Crippen molar-refractivity contribution in [3.63, 3.8) is 0 Å². The summed E-state index contributed by atoms with van der Waals surface area (Å²) in [7, 11) is 1.63. The number of benzene rings is 2. The van der Waals surface area contributed by atoms with Gasteiger partial charge in [0.05, 0.1) is 6.04 Å². The van der Waals surface area contributed by atoms with Crippen LogP contribution in [0.1, 0.15) is 24.1 Å². The van der Waals surface area contributed by atoms with Gasteiger partial charge in [0.15, 0.2) is 11.6 Å². The largest absolute Gasteiger partial charge is 0.335 e. The third-order valence-corrected chi connectivity index (χ3v) is 4.63. The molecule has 126 valence electrons. The molecule has 1 unspecified atom stereocenters. The van der Waals surface area contributed by atoms with Crippen molar-refractivity contribution >= 4 is 23.7 Å². The molecule has 0 bridgehead atoms. The quantitative estimate of drug-likeness (QED) is 0.565. The Morgan fingerprint density at radius 2 is 1.79 bits per heavy atom. The maximum atomic E-state index is 13.3. The Morgan fingerprint density at radius 1 is 1.12 bits per heavy atom. The summed E-state index contributed by atoms with van der Waals surface area (Å²) in [5.41, 5.74) is 1.47. The van der Waals surface area contributed by atoms with E-state index in [-0.39, 0.29) is 11.9 Å². The van der Waals surface area contributed by atoms with Crippen molar-refractivity contribution in [3.8, 4) is 0 Å². The first-order valence-electron chi connectivity index (χ1n) is 7.46. The molecule has 0 fully saturated rings.